The quantitative estimate of drug-likeness (QED) is 0.394. The summed E-state index contributed by atoms with van der Waals surface area (Å²) in [6.07, 6.45) is 6.58. The number of benzene rings is 2. The molecule has 1 aromatic heterocycles. The Balaban J connectivity index is 1.56. The number of hydrogen-bond acceptors (Lipinski definition) is 7. The maximum atomic E-state index is 12.4. The van der Waals surface area contributed by atoms with Gasteiger partial charge in [0.25, 0.3) is 0 Å². The van der Waals surface area contributed by atoms with Crippen molar-refractivity contribution in [2.75, 3.05) is 30.8 Å². The van der Waals surface area contributed by atoms with E-state index in [9.17, 15) is 4.79 Å². The highest BCUT2D eigenvalue weighted by Crippen LogP contribution is 2.29. The van der Waals surface area contributed by atoms with Crippen LogP contribution in [0.3, 0.4) is 0 Å². The molecule has 3 N–H and O–H groups in total. The van der Waals surface area contributed by atoms with E-state index < -0.39 is 0 Å². The summed E-state index contributed by atoms with van der Waals surface area (Å²) >= 11 is 0. The number of nitrogens with one attached hydrogen (secondary N) is 1. The van der Waals surface area contributed by atoms with Gasteiger partial charge in [0, 0.05) is 31.7 Å². The molecule has 8 heteroatoms. The number of piperidine rings is 1. The van der Waals surface area contributed by atoms with Crippen LogP contribution in [0.4, 0.5) is 11.6 Å². The summed E-state index contributed by atoms with van der Waals surface area (Å²) in [5, 5.41) is 8.91. The third kappa shape index (κ3) is 5.48. The second-order valence-electron chi connectivity index (χ2n) is 8.46. The van der Waals surface area contributed by atoms with Gasteiger partial charge in [-0.1, -0.05) is 24.3 Å². The van der Waals surface area contributed by atoms with Crippen molar-refractivity contribution < 1.29 is 9.53 Å². The predicted octanol–water partition coefficient (Wildman–Crippen LogP) is 4.27. The highest BCUT2D eigenvalue weighted by atomic mass is 16.5. The Morgan fingerprint density at radius 1 is 1.14 bits per heavy atom. The van der Waals surface area contributed by atoms with Crippen LogP contribution in [0.25, 0.3) is 0 Å². The minimum absolute atomic E-state index is 0.0126. The number of anilines is 2. The molecule has 180 valence electrons. The zero-order chi connectivity index (χ0) is 24.8. The van der Waals surface area contributed by atoms with Crippen LogP contribution in [-0.4, -0.2) is 52.7 Å². The average Bonchev–Trinajstić information content (AvgIpc) is 2.89. The summed E-state index contributed by atoms with van der Waals surface area (Å²) < 4.78 is 5.87. The number of carbonyl (C=O) groups excluding carboxylic acids is 1. The largest absolute Gasteiger partial charge is 0.457 e. The molecule has 0 aliphatic carbocycles. The van der Waals surface area contributed by atoms with E-state index in [4.69, 9.17) is 15.9 Å². The number of aromatic nitrogens is 2. The monoisotopic (exact) mass is 470 g/mol. The van der Waals surface area contributed by atoms with Gasteiger partial charge in [-0.2, -0.15) is 0 Å². The van der Waals surface area contributed by atoms with Gasteiger partial charge in [0.1, 0.15) is 29.5 Å². The van der Waals surface area contributed by atoms with Crippen molar-refractivity contribution in [3.8, 4) is 11.5 Å². The molecule has 0 spiro atoms. The Labute approximate surface area is 205 Å². The third-order valence-electron chi connectivity index (χ3n) is 6.13. The summed E-state index contributed by atoms with van der Waals surface area (Å²) in [6, 6.07) is 16.9. The second-order valence-corrected chi connectivity index (χ2v) is 8.46. The summed E-state index contributed by atoms with van der Waals surface area (Å²) in [7, 11) is 1.93. The van der Waals surface area contributed by atoms with Crippen molar-refractivity contribution in [1.82, 2.24) is 14.9 Å². The first kappa shape index (κ1) is 23.9. The van der Waals surface area contributed by atoms with Crippen LogP contribution in [0.1, 0.15) is 30.9 Å². The Hall–Kier alpha value is -4.20. The molecular formula is C27H30N6O2. The summed E-state index contributed by atoms with van der Waals surface area (Å²) in [5.41, 5.74) is 7.64. The van der Waals surface area contributed by atoms with Gasteiger partial charge in [-0.15, -0.1) is 0 Å². The van der Waals surface area contributed by atoms with Crippen LogP contribution < -0.4 is 15.4 Å². The van der Waals surface area contributed by atoms with Gasteiger partial charge in [0.15, 0.2) is 0 Å². The highest BCUT2D eigenvalue weighted by molar-refractivity contribution is 6.16. The minimum atomic E-state index is 0.0126. The number of hydrogen-bond donors (Lipinski definition) is 2. The van der Waals surface area contributed by atoms with E-state index in [1.165, 1.54) is 6.33 Å². The fourth-order valence-corrected chi connectivity index (χ4v) is 4.25. The van der Waals surface area contributed by atoms with E-state index >= 15 is 0 Å². The number of para-hydroxylation sites is 1. The Bertz CT molecular complexity index is 1210. The smallest absolute Gasteiger partial charge is 0.246 e. The van der Waals surface area contributed by atoms with E-state index in [0.29, 0.717) is 29.2 Å². The van der Waals surface area contributed by atoms with Crippen molar-refractivity contribution in [1.29, 1.82) is 5.41 Å². The molecule has 35 heavy (non-hydrogen) atoms. The number of nitrogens with two attached hydrogens (primary N) is 1. The maximum absolute atomic E-state index is 12.4. The predicted molar refractivity (Wildman–Crippen MR) is 138 cm³/mol. The van der Waals surface area contributed by atoms with Crippen LogP contribution in [0.2, 0.25) is 0 Å². The normalized spacial score (nSPS) is 15.7. The van der Waals surface area contributed by atoms with Gasteiger partial charge in [0.2, 0.25) is 5.91 Å². The zero-order valence-electron chi connectivity index (χ0n) is 20.0. The molecule has 2 aromatic carbocycles. The molecule has 2 heterocycles. The van der Waals surface area contributed by atoms with Crippen molar-refractivity contribution in [2.45, 2.75) is 25.8 Å². The maximum Gasteiger partial charge on any atom is 0.246 e. The number of likely N-dealkylation sites (N-methyl/N-ethyl adjacent to an activating group) is 1. The fourth-order valence-electron chi connectivity index (χ4n) is 4.25. The Morgan fingerprint density at radius 2 is 1.86 bits per heavy atom. The molecule has 1 saturated heterocycles. The zero-order valence-corrected chi connectivity index (χ0v) is 20.0. The number of rotatable bonds is 7. The van der Waals surface area contributed by atoms with E-state index in [0.717, 1.165) is 25.1 Å². The van der Waals surface area contributed by atoms with Crippen LogP contribution in [-0.2, 0) is 4.79 Å². The summed E-state index contributed by atoms with van der Waals surface area (Å²) in [5.74, 6) is 2.26. The highest BCUT2D eigenvalue weighted by Gasteiger charge is 2.29. The lowest BCUT2D eigenvalue weighted by Gasteiger charge is -2.38. The molecule has 0 bridgehead atoms. The number of likely N-dealkylation sites (tertiary alicyclic amines) is 1. The van der Waals surface area contributed by atoms with E-state index in [1.807, 2.05) is 78.4 Å². The lowest BCUT2D eigenvalue weighted by atomic mass is 10.0. The number of nitrogens with zero attached hydrogens (tertiary/aromatic N) is 4. The number of amides is 1. The number of nitrogen functional groups attached to an aromatic ring is 1. The fraction of sp³-hybridized carbons (Fsp3) is 0.259. The Morgan fingerprint density at radius 3 is 2.57 bits per heavy atom. The van der Waals surface area contributed by atoms with Crippen LogP contribution >= 0.6 is 0 Å². The molecule has 1 unspecified atom stereocenters. The molecule has 1 aliphatic heterocycles. The number of ether oxygens (including phenoxy) is 1. The van der Waals surface area contributed by atoms with Crippen LogP contribution in [0.15, 0.2) is 73.1 Å². The molecule has 1 fully saturated rings. The molecular weight excluding hydrogens is 440 g/mol. The van der Waals surface area contributed by atoms with Gasteiger partial charge < -0.3 is 20.3 Å². The second kappa shape index (κ2) is 10.8. The molecule has 0 radical (unpaired) electrons. The van der Waals surface area contributed by atoms with Crippen molar-refractivity contribution >= 4 is 23.3 Å². The molecule has 8 nitrogen and oxygen atoms in total. The van der Waals surface area contributed by atoms with E-state index in [1.54, 1.807) is 12.2 Å². The number of allylic oxidation sites excluding steroid dienone is 1. The first-order valence-corrected chi connectivity index (χ1v) is 11.6. The lowest BCUT2D eigenvalue weighted by Crippen LogP contribution is -2.49. The Kier molecular flexibility index (Phi) is 7.40. The molecule has 1 amide bonds. The summed E-state index contributed by atoms with van der Waals surface area (Å²) in [6.45, 7) is 3.16. The van der Waals surface area contributed by atoms with Crippen molar-refractivity contribution in [3.63, 3.8) is 0 Å². The molecule has 3 aromatic rings. The molecule has 1 aliphatic rings. The SMILES string of the molecule is C/C=C/C(=O)N1CCCC(N(C)c2ncnc(N)c2C(=N)c2ccc(Oc3ccccc3)cc2)C1. The van der Waals surface area contributed by atoms with Gasteiger partial charge in [-0.25, -0.2) is 9.97 Å². The van der Waals surface area contributed by atoms with E-state index in [2.05, 4.69) is 9.97 Å². The van der Waals surface area contributed by atoms with Gasteiger partial charge in [-0.3, -0.25) is 10.2 Å². The van der Waals surface area contributed by atoms with Crippen LogP contribution in [0.5, 0.6) is 11.5 Å². The van der Waals surface area contributed by atoms with Gasteiger partial charge >= 0.3 is 0 Å². The minimum Gasteiger partial charge on any atom is -0.457 e. The lowest BCUT2D eigenvalue weighted by molar-refractivity contribution is -0.127. The summed E-state index contributed by atoms with van der Waals surface area (Å²) in [4.78, 5) is 24.9. The average molecular weight is 471 g/mol. The molecule has 0 saturated carbocycles. The van der Waals surface area contributed by atoms with Gasteiger partial charge in [0.05, 0.1) is 11.3 Å². The van der Waals surface area contributed by atoms with Crippen LogP contribution in [0, 0.1) is 5.41 Å². The van der Waals surface area contributed by atoms with E-state index in [-0.39, 0.29) is 23.5 Å². The van der Waals surface area contributed by atoms with Gasteiger partial charge in [-0.05, 0) is 62.2 Å². The first-order valence-electron chi connectivity index (χ1n) is 11.6. The number of carbonyl (C=O) groups is 1. The topological polar surface area (TPSA) is 108 Å². The third-order valence-corrected chi connectivity index (χ3v) is 6.13. The first-order chi connectivity index (χ1) is 17.0. The van der Waals surface area contributed by atoms with Crippen molar-refractivity contribution in [2.24, 2.45) is 0 Å². The molecule has 4 rings (SSSR count). The van der Waals surface area contributed by atoms with Crippen molar-refractivity contribution in [3.05, 3.63) is 84.2 Å². The molecule has 1 atom stereocenters. The standard InChI is InChI=1S/C27H30N6O2/c1-3-8-23(34)33-16-7-9-20(17-33)32(2)27-24(26(29)30-18-31-27)25(28)19-12-14-22(15-13-19)35-21-10-5-4-6-11-21/h3-6,8,10-15,18,20,28H,7,9,16-17H2,1-2H3,(H2,29,30,31)/b8-3+,28-25?.